The molecule has 136 valence electrons. The summed E-state index contributed by atoms with van der Waals surface area (Å²) < 4.78 is 5.09. The number of furan rings is 1. The third kappa shape index (κ3) is 4.21. The SMILES string of the molecule is O=C(O)c1coc(C(=O)N2CCCN(C(=O)CC3CCCC3)CC2)c1. The molecule has 25 heavy (non-hydrogen) atoms. The molecule has 0 unspecified atom stereocenters. The van der Waals surface area contributed by atoms with Crippen LogP contribution in [0.5, 0.6) is 0 Å². The number of carboxylic acid groups (broad SMARTS) is 1. The normalized spacial score (nSPS) is 19.0. The molecule has 2 amide bonds. The van der Waals surface area contributed by atoms with Crippen molar-refractivity contribution >= 4 is 17.8 Å². The Morgan fingerprint density at radius 3 is 2.40 bits per heavy atom. The summed E-state index contributed by atoms with van der Waals surface area (Å²) in [6.07, 6.45) is 7.15. The van der Waals surface area contributed by atoms with Crippen LogP contribution in [0.4, 0.5) is 0 Å². The van der Waals surface area contributed by atoms with E-state index in [0.717, 1.165) is 19.1 Å². The molecule has 7 nitrogen and oxygen atoms in total. The molecule has 7 heteroatoms. The van der Waals surface area contributed by atoms with Crippen LogP contribution in [0.25, 0.3) is 0 Å². The number of amides is 2. The largest absolute Gasteiger partial charge is 0.478 e. The van der Waals surface area contributed by atoms with E-state index in [0.29, 0.717) is 44.9 Å². The molecule has 1 aromatic rings. The van der Waals surface area contributed by atoms with E-state index in [1.54, 1.807) is 4.90 Å². The molecule has 1 aliphatic heterocycles. The molecule has 0 aromatic carbocycles. The van der Waals surface area contributed by atoms with Gasteiger partial charge in [0, 0.05) is 38.7 Å². The van der Waals surface area contributed by atoms with Gasteiger partial charge in [0.25, 0.3) is 5.91 Å². The van der Waals surface area contributed by atoms with Crippen molar-refractivity contribution in [3.63, 3.8) is 0 Å². The van der Waals surface area contributed by atoms with E-state index < -0.39 is 5.97 Å². The number of carboxylic acids is 1. The van der Waals surface area contributed by atoms with E-state index in [-0.39, 0.29) is 23.1 Å². The van der Waals surface area contributed by atoms with Gasteiger partial charge in [0.2, 0.25) is 5.91 Å². The molecule has 2 heterocycles. The summed E-state index contributed by atoms with van der Waals surface area (Å²) in [5.74, 6) is -0.707. The third-order valence-electron chi connectivity index (χ3n) is 5.13. The zero-order chi connectivity index (χ0) is 17.8. The van der Waals surface area contributed by atoms with Crippen LogP contribution in [0.2, 0.25) is 0 Å². The number of nitrogens with zero attached hydrogens (tertiary/aromatic N) is 2. The Bertz CT molecular complexity index is 648. The van der Waals surface area contributed by atoms with Crippen molar-refractivity contribution in [3.05, 3.63) is 23.7 Å². The molecule has 0 bridgehead atoms. The molecule has 1 saturated carbocycles. The number of hydrogen-bond acceptors (Lipinski definition) is 4. The lowest BCUT2D eigenvalue weighted by molar-refractivity contribution is -0.132. The summed E-state index contributed by atoms with van der Waals surface area (Å²) in [5, 5.41) is 8.92. The fourth-order valence-corrected chi connectivity index (χ4v) is 3.68. The minimum absolute atomic E-state index is 0.0307. The van der Waals surface area contributed by atoms with E-state index in [1.165, 1.54) is 18.9 Å². The molecule has 1 N–H and O–H groups in total. The van der Waals surface area contributed by atoms with Crippen molar-refractivity contribution in [1.82, 2.24) is 9.80 Å². The zero-order valence-corrected chi connectivity index (χ0v) is 14.3. The fraction of sp³-hybridized carbons (Fsp3) is 0.611. The minimum atomic E-state index is -1.12. The highest BCUT2D eigenvalue weighted by Gasteiger charge is 2.27. The minimum Gasteiger partial charge on any atom is -0.478 e. The standard InChI is InChI=1S/C18H24N2O5/c21-16(10-13-4-1-2-5-13)19-6-3-7-20(9-8-19)17(22)15-11-14(12-25-15)18(23)24/h11-13H,1-10H2,(H,23,24). The molecule has 0 radical (unpaired) electrons. The van der Waals surface area contributed by atoms with Gasteiger partial charge in [-0.15, -0.1) is 0 Å². The monoisotopic (exact) mass is 348 g/mol. The number of carbonyl (C=O) groups excluding carboxylic acids is 2. The Morgan fingerprint density at radius 2 is 1.72 bits per heavy atom. The molecule has 1 aromatic heterocycles. The van der Waals surface area contributed by atoms with Gasteiger partial charge in [-0.3, -0.25) is 9.59 Å². The summed E-state index contributed by atoms with van der Waals surface area (Å²) in [7, 11) is 0. The zero-order valence-electron chi connectivity index (χ0n) is 14.3. The van der Waals surface area contributed by atoms with Crippen molar-refractivity contribution in [3.8, 4) is 0 Å². The highest BCUT2D eigenvalue weighted by molar-refractivity contribution is 5.95. The molecule has 0 atom stereocenters. The Balaban J connectivity index is 1.55. The lowest BCUT2D eigenvalue weighted by Gasteiger charge is -2.23. The number of rotatable bonds is 4. The van der Waals surface area contributed by atoms with Gasteiger partial charge in [0.05, 0.1) is 5.56 Å². The smallest absolute Gasteiger partial charge is 0.338 e. The molecule has 0 spiro atoms. The summed E-state index contributed by atoms with van der Waals surface area (Å²) in [4.78, 5) is 39.3. The quantitative estimate of drug-likeness (QED) is 0.901. The first kappa shape index (κ1) is 17.5. The van der Waals surface area contributed by atoms with Crippen LogP contribution in [-0.2, 0) is 4.79 Å². The highest BCUT2D eigenvalue weighted by Crippen LogP contribution is 2.28. The lowest BCUT2D eigenvalue weighted by atomic mass is 10.0. The Hall–Kier alpha value is -2.31. The van der Waals surface area contributed by atoms with Gasteiger partial charge in [-0.1, -0.05) is 12.8 Å². The molecule has 1 aliphatic carbocycles. The van der Waals surface area contributed by atoms with Gasteiger partial charge < -0.3 is 19.3 Å². The van der Waals surface area contributed by atoms with E-state index in [9.17, 15) is 14.4 Å². The topological polar surface area (TPSA) is 91.1 Å². The van der Waals surface area contributed by atoms with Crippen LogP contribution in [0.3, 0.4) is 0 Å². The summed E-state index contributed by atoms with van der Waals surface area (Å²) >= 11 is 0. The first-order valence-electron chi connectivity index (χ1n) is 8.93. The van der Waals surface area contributed by atoms with Crippen molar-refractivity contribution in [2.24, 2.45) is 5.92 Å². The Kier molecular flexibility index (Phi) is 5.40. The summed E-state index contributed by atoms with van der Waals surface area (Å²) in [5.41, 5.74) is -0.0356. The van der Waals surface area contributed by atoms with Crippen LogP contribution in [0, 0.1) is 5.92 Å². The second-order valence-electron chi connectivity index (χ2n) is 6.89. The maximum absolute atomic E-state index is 12.5. The molecule has 2 aliphatic rings. The summed E-state index contributed by atoms with van der Waals surface area (Å²) in [6.45, 7) is 2.16. The predicted molar refractivity (Wildman–Crippen MR) is 89.3 cm³/mol. The van der Waals surface area contributed by atoms with Crippen LogP contribution >= 0.6 is 0 Å². The van der Waals surface area contributed by atoms with E-state index in [4.69, 9.17) is 9.52 Å². The number of aromatic carboxylic acids is 1. The second-order valence-corrected chi connectivity index (χ2v) is 6.89. The lowest BCUT2D eigenvalue weighted by Crippen LogP contribution is -2.37. The number of hydrogen-bond donors (Lipinski definition) is 1. The fourth-order valence-electron chi connectivity index (χ4n) is 3.68. The van der Waals surface area contributed by atoms with Crippen molar-refractivity contribution in [2.45, 2.75) is 38.5 Å². The Labute approximate surface area is 146 Å². The molecule has 3 rings (SSSR count). The predicted octanol–water partition coefficient (Wildman–Crippen LogP) is 2.23. The first-order valence-corrected chi connectivity index (χ1v) is 8.93. The van der Waals surface area contributed by atoms with E-state index in [2.05, 4.69) is 0 Å². The highest BCUT2D eigenvalue weighted by atomic mass is 16.4. The second kappa shape index (κ2) is 7.72. The third-order valence-corrected chi connectivity index (χ3v) is 5.13. The van der Waals surface area contributed by atoms with Gasteiger partial charge in [0.1, 0.15) is 6.26 Å². The maximum atomic E-state index is 12.5. The van der Waals surface area contributed by atoms with Crippen molar-refractivity contribution in [1.29, 1.82) is 0 Å². The number of carbonyl (C=O) groups is 3. The van der Waals surface area contributed by atoms with Crippen LogP contribution in [0.1, 0.15) is 59.4 Å². The average molecular weight is 348 g/mol. The van der Waals surface area contributed by atoms with Gasteiger partial charge in [-0.2, -0.15) is 0 Å². The molecular formula is C18H24N2O5. The first-order chi connectivity index (χ1) is 12.0. The molecule has 2 fully saturated rings. The van der Waals surface area contributed by atoms with E-state index >= 15 is 0 Å². The van der Waals surface area contributed by atoms with Crippen LogP contribution in [-0.4, -0.2) is 58.9 Å². The van der Waals surface area contributed by atoms with Crippen molar-refractivity contribution < 1.29 is 23.9 Å². The average Bonchev–Trinajstić information content (AvgIpc) is 3.21. The van der Waals surface area contributed by atoms with Gasteiger partial charge in [0.15, 0.2) is 5.76 Å². The van der Waals surface area contributed by atoms with Crippen molar-refractivity contribution in [2.75, 3.05) is 26.2 Å². The van der Waals surface area contributed by atoms with Crippen LogP contribution in [0.15, 0.2) is 16.7 Å². The summed E-state index contributed by atoms with van der Waals surface area (Å²) in [6, 6.07) is 1.25. The molecule has 1 saturated heterocycles. The van der Waals surface area contributed by atoms with Crippen LogP contribution < -0.4 is 0 Å². The molecular weight excluding hydrogens is 324 g/mol. The van der Waals surface area contributed by atoms with Gasteiger partial charge in [-0.25, -0.2) is 4.79 Å². The van der Waals surface area contributed by atoms with Gasteiger partial charge in [-0.05, 0) is 25.2 Å². The van der Waals surface area contributed by atoms with Gasteiger partial charge >= 0.3 is 5.97 Å². The Morgan fingerprint density at radius 1 is 1.04 bits per heavy atom. The van der Waals surface area contributed by atoms with E-state index in [1.807, 2.05) is 4.90 Å². The maximum Gasteiger partial charge on any atom is 0.338 e.